The van der Waals surface area contributed by atoms with Crippen LogP contribution in [0.2, 0.25) is 0 Å². The standard InChI is InChI=1S/C18H17N3O3/c1-12(14-8-5-9-15(10-14)21(23)24)19-20-18(22)17-11-16(17)13-6-3-2-4-7-13/h2-10,16-17H,11H2,1H3,(H,20,22)/b19-12+/t16-,17+/m0/s1. The lowest BCUT2D eigenvalue weighted by atomic mass is 10.1. The average molecular weight is 323 g/mol. The van der Waals surface area contributed by atoms with E-state index in [2.05, 4.69) is 10.5 Å². The van der Waals surface area contributed by atoms with Crippen molar-refractivity contribution in [3.05, 3.63) is 75.8 Å². The number of carbonyl (C=O) groups is 1. The lowest BCUT2D eigenvalue weighted by molar-refractivity contribution is -0.384. The molecule has 1 fully saturated rings. The lowest BCUT2D eigenvalue weighted by Crippen LogP contribution is -2.21. The second kappa shape index (κ2) is 6.62. The van der Waals surface area contributed by atoms with Gasteiger partial charge in [0.25, 0.3) is 5.69 Å². The third-order valence-corrected chi connectivity index (χ3v) is 4.16. The maximum Gasteiger partial charge on any atom is 0.270 e. The van der Waals surface area contributed by atoms with Gasteiger partial charge in [0.1, 0.15) is 0 Å². The van der Waals surface area contributed by atoms with Gasteiger partial charge in [0.15, 0.2) is 0 Å². The van der Waals surface area contributed by atoms with E-state index in [1.807, 2.05) is 30.3 Å². The predicted molar refractivity (Wildman–Crippen MR) is 90.7 cm³/mol. The van der Waals surface area contributed by atoms with E-state index in [0.717, 1.165) is 12.0 Å². The highest BCUT2D eigenvalue weighted by Gasteiger charge is 2.43. The van der Waals surface area contributed by atoms with Crippen molar-refractivity contribution in [2.24, 2.45) is 11.0 Å². The molecule has 1 amide bonds. The minimum atomic E-state index is -0.454. The number of amides is 1. The second-order valence-electron chi connectivity index (χ2n) is 5.84. The number of hydrogen-bond donors (Lipinski definition) is 1. The van der Waals surface area contributed by atoms with Crippen molar-refractivity contribution < 1.29 is 9.72 Å². The SMILES string of the molecule is C/C(=N\NC(=O)[C@@H]1C[C@H]1c1ccccc1)c1cccc([N+](=O)[O-])c1. The van der Waals surface area contributed by atoms with Crippen LogP contribution in [0.5, 0.6) is 0 Å². The van der Waals surface area contributed by atoms with E-state index in [0.29, 0.717) is 11.3 Å². The van der Waals surface area contributed by atoms with Crippen molar-refractivity contribution in [3.63, 3.8) is 0 Å². The van der Waals surface area contributed by atoms with Crippen LogP contribution in [-0.4, -0.2) is 16.5 Å². The monoisotopic (exact) mass is 323 g/mol. The molecule has 0 aliphatic heterocycles. The first-order valence-electron chi connectivity index (χ1n) is 7.70. The van der Waals surface area contributed by atoms with Crippen molar-refractivity contribution >= 4 is 17.3 Å². The summed E-state index contributed by atoms with van der Waals surface area (Å²) < 4.78 is 0. The summed E-state index contributed by atoms with van der Waals surface area (Å²) in [6.45, 7) is 1.71. The van der Waals surface area contributed by atoms with E-state index >= 15 is 0 Å². The first-order chi connectivity index (χ1) is 11.6. The minimum absolute atomic E-state index is 0.000268. The smallest absolute Gasteiger partial charge is 0.270 e. The molecule has 2 atom stereocenters. The van der Waals surface area contributed by atoms with Gasteiger partial charge in [-0.25, -0.2) is 5.43 Å². The topological polar surface area (TPSA) is 84.6 Å². The molecular formula is C18H17N3O3. The molecule has 0 saturated heterocycles. The van der Waals surface area contributed by atoms with Crippen LogP contribution in [0.1, 0.15) is 30.4 Å². The summed E-state index contributed by atoms with van der Waals surface area (Å²) in [5.41, 5.74) is 4.88. The van der Waals surface area contributed by atoms with Crippen LogP contribution in [0.4, 0.5) is 5.69 Å². The van der Waals surface area contributed by atoms with Gasteiger partial charge in [0.2, 0.25) is 5.91 Å². The van der Waals surface area contributed by atoms with Gasteiger partial charge in [0.05, 0.1) is 10.6 Å². The fourth-order valence-corrected chi connectivity index (χ4v) is 2.68. The van der Waals surface area contributed by atoms with Gasteiger partial charge in [-0.15, -0.1) is 0 Å². The summed E-state index contributed by atoms with van der Waals surface area (Å²) in [5.74, 6) is 0.0715. The normalized spacial score (nSPS) is 19.6. The number of non-ortho nitro benzene ring substituents is 1. The Morgan fingerprint density at radius 3 is 2.67 bits per heavy atom. The molecule has 1 saturated carbocycles. The molecule has 0 unspecified atom stereocenters. The molecule has 0 bridgehead atoms. The van der Waals surface area contributed by atoms with Crippen LogP contribution >= 0.6 is 0 Å². The number of hydrogen-bond acceptors (Lipinski definition) is 4. The summed E-state index contributed by atoms with van der Waals surface area (Å²) in [4.78, 5) is 22.5. The first-order valence-corrected chi connectivity index (χ1v) is 7.70. The van der Waals surface area contributed by atoms with Gasteiger partial charge >= 0.3 is 0 Å². The molecule has 1 aliphatic carbocycles. The van der Waals surface area contributed by atoms with Gasteiger partial charge in [-0.3, -0.25) is 14.9 Å². The second-order valence-corrected chi connectivity index (χ2v) is 5.84. The van der Waals surface area contributed by atoms with Crippen LogP contribution < -0.4 is 5.43 Å². The molecule has 6 nitrogen and oxygen atoms in total. The lowest BCUT2D eigenvalue weighted by Gasteiger charge is -2.03. The quantitative estimate of drug-likeness (QED) is 0.521. The third kappa shape index (κ3) is 3.48. The van der Waals surface area contributed by atoms with Gasteiger partial charge in [0, 0.05) is 23.6 Å². The van der Waals surface area contributed by atoms with E-state index in [1.165, 1.54) is 12.1 Å². The Hall–Kier alpha value is -3.02. The Morgan fingerprint density at radius 2 is 1.96 bits per heavy atom. The van der Waals surface area contributed by atoms with Crippen LogP contribution in [0.3, 0.4) is 0 Å². The summed E-state index contributed by atoms with van der Waals surface area (Å²) in [6.07, 6.45) is 0.821. The summed E-state index contributed by atoms with van der Waals surface area (Å²) in [7, 11) is 0. The number of hydrazone groups is 1. The maximum atomic E-state index is 12.2. The predicted octanol–water partition coefficient (Wildman–Crippen LogP) is 3.24. The molecular weight excluding hydrogens is 306 g/mol. The van der Waals surface area contributed by atoms with Crippen molar-refractivity contribution in [1.82, 2.24) is 5.43 Å². The molecule has 0 heterocycles. The van der Waals surface area contributed by atoms with Gasteiger partial charge in [-0.2, -0.15) is 5.10 Å². The zero-order valence-corrected chi connectivity index (χ0v) is 13.2. The Labute approximate surface area is 139 Å². The molecule has 24 heavy (non-hydrogen) atoms. The van der Waals surface area contributed by atoms with E-state index in [-0.39, 0.29) is 23.4 Å². The highest BCUT2D eigenvalue weighted by molar-refractivity contribution is 5.99. The number of nitrogens with one attached hydrogen (secondary N) is 1. The molecule has 2 aromatic carbocycles. The number of carbonyl (C=O) groups excluding carboxylic acids is 1. The molecule has 6 heteroatoms. The zero-order chi connectivity index (χ0) is 17.1. The van der Waals surface area contributed by atoms with Gasteiger partial charge < -0.3 is 0 Å². The van der Waals surface area contributed by atoms with Crippen molar-refractivity contribution in [3.8, 4) is 0 Å². The Kier molecular flexibility index (Phi) is 4.37. The number of nitrogens with zero attached hydrogens (tertiary/aromatic N) is 2. The van der Waals surface area contributed by atoms with Gasteiger partial charge in [-0.1, -0.05) is 42.5 Å². The summed E-state index contributed by atoms with van der Waals surface area (Å²) >= 11 is 0. The van der Waals surface area contributed by atoms with Gasteiger partial charge in [-0.05, 0) is 24.8 Å². The Balaban J connectivity index is 1.62. The molecule has 122 valence electrons. The molecule has 3 rings (SSSR count). The van der Waals surface area contributed by atoms with Crippen molar-refractivity contribution in [2.45, 2.75) is 19.3 Å². The third-order valence-electron chi connectivity index (χ3n) is 4.16. The highest BCUT2D eigenvalue weighted by atomic mass is 16.6. The number of rotatable bonds is 5. The largest absolute Gasteiger partial charge is 0.273 e. The van der Waals surface area contributed by atoms with E-state index < -0.39 is 4.92 Å². The van der Waals surface area contributed by atoms with E-state index in [9.17, 15) is 14.9 Å². The van der Waals surface area contributed by atoms with Crippen LogP contribution in [0.25, 0.3) is 0 Å². The Morgan fingerprint density at radius 1 is 1.21 bits per heavy atom. The fourth-order valence-electron chi connectivity index (χ4n) is 2.68. The minimum Gasteiger partial charge on any atom is -0.273 e. The molecule has 0 aromatic heterocycles. The zero-order valence-electron chi connectivity index (χ0n) is 13.2. The van der Waals surface area contributed by atoms with Crippen LogP contribution in [0.15, 0.2) is 59.7 Å². The van der Waals surface area contributed by atoms with Crippen LogP contribution in [-0.2, 0) is 4.79 Å². The fraction of sp³-hybridized carbons (Fsp3) is 0.222. The Bertz CT molecular complexity index is 802. The number of nitro benzene ring substituents is 1. The van der Waals surface area contributed by atoms with Crippen LogP contribution in [0, 0.1) is 16.0 Å². The molecule has 2 aromatic rings. The van der Waals surface area contributed by atoms with Crippen molar-refractivity contribution in [2.75, 3.05) is 0 Å². The van der Waals surface area contributed by atoms with E-state index in [4.69, 9.17) is 0 Å². The number of nitro groups is 1. The highest BCUT2D eigenvalue weighted by Crippen LogP contribution is 2.47. The summed E-state index contributed by atoms with van der Waals surface area (Å²) in [5, 5.41) is 14.9. The molecule has 1 N–H and O–H groups in total. The maximum absolute atomic E-state index is 12.2. The molecule has 0 radical (unpaired) electrons. The number of benzene rings is 2. The summed E-state index contributed by atoms with van der Waals surface area (Å²) in [6, 6.07) is 16.1. The molecule has 0 spiro atoms. The van der Waals surface area contributed by atoms with Crippen molar-refractivity contribution in [1.29, 1.82) is 0 Å². The first kappa shape index (κ1) is 15.9. The average Bonchev–Trinajstić information content (AvgIpc) is 3.41. The van der Waals surface area contributed by atoms with E-state index in [1.54, 1.807) is 19.1 Å². The molecule has 1 aliphatic rings.